The smallest absolute Gasteiger partial charge is 0.236 e. The molecule has 7 rings (SSSR count). The lowest BCUT2D eigenvalue weighted by Gasteiger charge is -2.43. The lowest BCUT2D eigenvalue weighted by molar-refractivity contribution is -0.149. The normalized spacial score (nSPS) is 26.3. The van der Waals surface area contributed by atoms with E-state index < -0.39 is 28.5 Å². The topological polar surface area (TPSA) is 75.2 Å². The van der Waals surface area contributed by atoms with Crippen LogP contribution in [0.4, 0.5) is 14.6 Å². The zero-order chi connectivity index (χ0) is 27.8. The number of rotatable bonds is 3. The number of allylic oxidation sites excluding steroid dienone is 1. The van der Waals surface area contributed by atoms with Crippen molar-refractivity contribution in [1.29, 1.82) is 0 Å². The highest BCUT2D eigenvalue weighted by atomic mass is 19.1. The minimum absolute atomic E-state index is 0.0141. The number of benzene rings is 1. The van der Waals surface area contributed by atoms with Crippen molar-refractivity contribution in [1.82, 2.24) is 14.9 Å². The van der Waals surface area contributed by atoms with Gasteiger partial charge in [-0.3, -0.25) is 14.6 Å². The third-order valence-electron chi connectivity index (χ3n) is 9.34. The summed E-state index contributed by atoms with van der Waals surface area (Å²) in [7, 11) is 0. The number of aromatic nitrogens is 2. The van der Waals surface area contributed by atoms with Crippen molar-refractivity contribution in [3.05, 3.63) is 93.9 Å². The monoisotopic (exact) mass is 540 g/mol. The van der Waals surface area contributed by atoms with E-state index in [9.17, 15) is 18.4 Å². The van der Waals surface area contributed by atoms with Crippen molar-refractivity contribution in [2.24, 2.45) is 11.3 Å². The molecule has 4 aliphatic rings. The number of halogens is 2. The summed E-state index contributed by atoms with van der Waals surface area (Å²) in [5.74, 6) is -0.430. The van der Waals surface area contributed by atoms with Gasteiger partial charge in [0.2, 0.25) is 11.8 Å². The lowest BCUT2D eigenvalue weighted by atomic mass is 9.78. The molecule has 1 unspecified atom stereocenters. The number of likely N-dealkylation sites (tertiary alicyclic amines) is 1. The van der Waals surface area contributed by atoms with E-state index in [1.54, 1.807) is 17.3 Å². The van der Waals surface area contributed by atoms with Gasteiger partial charge < -0.3 is 10.2 Å². The van der Waals surface area contributed by atoms with Crippen LogP contribution >= 0.6 is 0 Å². The van der Waals surface area contributed by atoms with Gasteiger partial charge in [0, 0.05) is 36.0 Å². The summed E-state index contributed by atoms with van der Waals surface area (Å²) in [5.41, 5.74) is 4.39. The largest absolute Gasteiger partial charge is 0.331 e. The Bertz CT molecular complexity index is 1600. The number of piperidine rings is 1. The first-order valence-corrected chi connectivity index (χ1v) is 13.9. The maximum atomic E-state index is 14.1. The second-order valence-electron chi connectivity index (χ2n) is 12.4. The first-order valence-electron chi connectivity index (χ1n) is 13.9. The van der Waals surface area contributed by atoms with E-state index in [4.69, 9.17) is 4.98 Å². The number of carbonyl (C=O) groups is 2. The van der Waals surface area contributed by atoms with E-state index in [2.05, 4.69) is 22.4 Å². The second kappa shape index (κ2) is 8.78. The number of nitrogens with one attached hydrogen (secondary N) is 1. The first kappa shape index (κ1) is 25.1. The third-order valence-corrected chi connectivity index (χ3v) is 9.34. The third kappa shape index (κ3) is 3.87. The van der Waals surface area contributed by atoms with Gasteiger partial charge in [-0.2, -0.15) is 0 Å². The van der Waals surface area contributed by atoms with Crippen molar-refractivity contribution in [2.45, 2.75) is 64.0 Å². The zero-order valence-electron chi connectivity index (χ0n) is 22.5. The molecule has 0 radical (unpaired) electrons. The van der Waals surface area contributed by atoms with E-state index in [1.807, 2.05) is 26.0 Å². The van der Waals surface area contributed by atoms with Gasteiger partial charge in [-0.05, 0) is 79.0 Å². The van der Waals surface area contributed by atoms with Gasteiger partial charge in [-0.15, -0.1) is 0 Å². The molecule has 2 fully saturated rings. The molecule has 3 atom stereocenters. The van der Waals surface area contributed by atoms with Crippen LogP contribution in [0.2, 0.25) is 0 Å². The van der Waals surface area contributed by atoms with Crippen LogP contribution in [0.25, 0.3) is 6.08 Å². The highest BCUT2D eigenvalue weighted by Crippen LogP contribution is 2.55. The van der Waals surface area contributed by atoms with Crippen molar-refractivity contribution in [3.63, 3.8) is 0 Å². The van der Waals surface area contributed by atoms with Crippen molar-refractivity contribution >= 4 is 23.7 Å². The average molecular weight is 541 g/mol. The quantitative estimate of drug-likeness (QED) is 0.450. The Morgan fingerprint density at radius 1 is 1.10 bits per heavy atom. The van der Waals surface area contributed by atoms with Gasteiger partial charge >= 0.3 is 0 Å². The summed E-state index contributed by atoms with van der Waals surface area (Å²) >= 11 is 0. The minimum Gasteiger partial charge on any atom is -0.331 e. The molecule has 1 saturated heterocycles. The molecule has 0 bridgehead atoms. The van der Waals surface area contributed by atoms with Crippen LogP contribution in [0.1, 0.15) is 73.5 Å². The van der Waals surface area contributed by atoms with E-state index in [1.165, 1.54) is 17.7 Å². The number of hydrogen-bond donors (Lipinski definition) is 1. The SMILES string of the molecule is CC1(C)CC[C@@H](c2cc(F)cc(F)c2)N(Cc2cnc3c(c2)CC2C[C@@]4(CC2=C3)C(=O)Nc2ncccc24)C1=O. The van der Waals surface area contributed by atoms with Crippen molar-refractivity contribution in [3.8, 4) is 0 Å². The molecule has 2 amide bonds. The van der Waals surface area contributed by atoms with E-state index >= 15 is 0 Å². The molecule has 8 heteroatoms. The molecule has 1 spiro atoms. The first-order chi connectivity index (χ1) is 19.1. The second-order valence-corrected chi connectivity index (χ2v) is 12.4. The number of anilines is 1. The molecular formula is C32H30F2N4O2. The molecule has 2 aliphatic heterocycles. The number of amides is 2. The van der Waals surface area contributed by atoms with E-state index in [0.717, 1.165) is 41.3 Å². The van der Waals surface area contributed by atoms with Crippen LogP contribution in [-0.2, 0) is 28.0 Å². The predicted molar refractivity (Wildman–Crippen MR) is 146 cm³/mol. The van der Waals surface area contributed by atoms with Gasteiger partial charge in [-0.25, -0.2) is 13.8 Å². The zero-order valence-corrected chi connectivity index (χ0v) is 22.5. The molecule has 3 aromatic rings. The number of carbonyl (C=O) groups excluding carboxylic acids is 2. The number of hydrogen-bond acceptors (Lipinski definition) is 4. The maximum absolute atomic E-state index is 14.1. The van der Waals surface area contributed by atoms with E-state index in [0.29, 0.717) is 37.2 Å². The van der Waals surface area contributed by atoms with Gasteiger partial charge in [0.25, 0.3) is 0 Å². The van der Waals surface area contributed by atoms with Crippen LogP contribution in [0.3, 0.4) is 0 Å². The van der Waals surface area contributed by atoms with Crippen LogP contribution in [0.5, 0.6) is 0 Å². The molecule has 2 aliphatic carbocycles. The molecule has 4 heterocycles. The van der Waals surface area contributed by atoms with Gasteiger partial charge in [0.1, 0.15) is 17.5 Å². The highest BCUT2D eigenvalue weighted by Gasteiger charge is 2.54. The minimum atomic E-state index is -0.644. The van der Waals surface area contributed by atoms with Crippen LogP contribution in [0, 0.1) is 23.0 Å². The Kier molecular flexibility index (Phi) is 5.50. The Hall–Kier alpha value is -3.94. The van der Waals surface area contributed by atoms with E-state index in [-0.39, 0.29) is 17.7 Å². The van der Waals surface area contributed by atoms with Gasteiger partial charge in [0.15, 0.2) is 0 Å². The van der Waals surface area contributed by atoms with Crippen molar-refractivity contribution < 1.29 is 18.4 Å². The summed E-state index contributed by atoms with van der Waals surface area (Å²) in [5, 5.41) is 2.97. The molecule has 1 saturated carbocycles. The van der Waals surface area contributed by atoms with Crippen molar-refractivity contribution in [2.75, 3.05) is 5.32 Å². The number of nitrogens with zero attached hydrogens (tertiary/aromatic N) is 3. The molecule has 1 N–H and O–H groups in total. The fourth-order valence-electron chi connectivity index (χ4n) is 7.28. The summed E-state index contributed by atoms with van der Waals surface area (Å²) in [6.45, 7) is 4.15. The number of fused-ring (bicyclic) bond motifs is 4. The summed E-state index contributed by atoms with van der Waals surface area (Å²) < 4.78 is 28.2. The number of pyridine rings is 2. The standard InChI is InChI=1S/C32H30F2N4O2/c1-31(2)6-5-27(20-10-23(33)13-24(34)11-20)38(30(31)40)17-18-8-19-9-21-14-32(15-22(21)12-26(19)36-16-18)25-4-3-7-35-28(25)37-29(32)39/h3-4,7-8,10-13,16,21,27H,5-6,9,14-15,17H2,1-2H3,(H,35,37,39)/t21?,27-,32-/m0/s1. The molecule has 1 aromatic carbocycles. The molecule has 2 aromatic heterocycles. The summed E-state index contributed by atoms with van der Waals surface area (Å²) in [4.78, 5) is 37.6. The van der Waals surface area contributed by atoms with Gasteiger partial charge in [0.05, 0.1) is 17.2 Å². The summed E-state index contributed by atoms with van der Waals surface area (Å²) in [6, 6.07) is 9.07. The Labute approximate surface area is 231 Å². The maximum Gasteiger partial charge on any atom is 0.236 e. The van der Waals surface area contributed by atoms with Crippen LogP contribution in [0.15, 0.2) is 54.4 Å². The molecule has 40 heavy (non-hydrogen) atoms. The Balaban J connectivity index is 1.17. The summed E-state index contributed by atoms with van der Waals surface area (Å²) in [6.07, 6.45) is 9.02. The lowest BCUT2D eigenvalue weighted by Crippen LogP contribution is -2.47. The predicted octanol–water partition coefficient (Wildman–Crippen LogP) is 5.88. The Morgan fingerprint density at radius 2 is 1.90 bits per heavy atom. The highest BCUT2D eigenvalue weighted by molar-refractivity contribution is 6.06. The molecule has 6 nitrogen and oxygen atoms in total. The van der Waals surface area contributed by atoms with Crippen LogP contribution in [-0.4, -0.2) is 26.7 Å². The fourth-order valence-corrected chi connectivity index (χ4v) is 7.28. The molecule has 204 valence electrons. The fraction of sp³-hybridized carbons (Fsp3) is 0.375. The Morgan fingerprint density at radius 3 is 2.70 bits per heavy atom. The van der Waals surface area contributed by atoms with Crippen LogP contribution < -0.4 is 5.32 Å². The average Bonchev–Trinajstić information content (AvgIpc) is 3.41. The van der Waals surface area contributed by atoms with Gasteiger partial charge in [-0.1, -0.05) is 31.6 Å². The molecular weight excluding hydrogens is 510 g/mol.